The summed E-state index contributed by atoms with van der Waals surface area (Å²) in [6.45, 7) is 1.08. The zero-order valence-corrected chi connectivity index (χ0v) is 12.6. The molecule has 118 valence electrons. The predicted octanol–water partition coefficient (Wildman–Crippen LogP) is 2.04. The summed E-state index contributed by atoms with van der Waals surface area (Å²) in [6, 6.07) is 9.88. The monoisotopic (exact) mass is 313 g/mol. The van der Waals surface area contributed by atoms with Gasteiger partial charge in [-0.3, -0.25) is 4.79 Å². The van der Waals surface area contributed by atoms with E-state index in [1.807, 2.05) is 29.9 Å². The summed E-state index contributed by atoms with van der Waals surface area (Å²) < 4.78 is 14.9. The molecule has 5 nitrogen and oxygen atoms in total. The molecule has 2 atom stereocenters. The molecular weight excluding hydrogens is 297 g/mol. The molecule has 2 aromatic rings. The second-order valence-electron chi connectivity index (χ2n) is 5.95. The van der Waals surface area contributed by atoms with Crippen LogP contribution in [0.1, 0.15) is 16.1 Å². The quantitative estimate of drug-likeness (QED) is 0.852. The van der Waals surface area contributed by atoms with E-state index in [-0.39, 0.29) is 23.7 Å². The molecule has 0 saturated carbocycles. The number of oxime groups is 1. The number of amides is 1. The molecule has 0 aliphatic carbocycles. The van der Waals surface area contributed by atoms with Crippen molar-refractivity contribution in [3.63, 3.8) is 0 Å². The number of fused-ring (bicyclic) bond motifs is 1. The van der Waals surface area contributed by atoms with Gasteiger partial charge in [-0.2, -0.15) is 0 Å². The van der Waals surface area contributed by atoms with Crippen molar-refractivity contribution in [1.29, 1.82) is 0 Å². The van der Waals surface area contributed by atoms with Crippen molar-refractivity contribution in [2.45, 2.75) is 6.10 Å². The minimum atomic E-state index is -0.281. The lowest BCUT2D eigenvalue weighted by Gasteiger charge is -2.17. The molecule has 1 aromatic carbocycles. The van der Waals surface area contributed by atoms with Gasteiger partial charge in [0.25, 0.3) is 5.91 Å². The number of carbonyl (C=O) groups is 1. The van der Waals surface area contributed by atoms with Crippen molar-refractivity contribution in [3.8, 4) is 0 Å². The zero-order chi connectivity index (χ0) is 16.0. The number of aryl methyl sites for hydroxylation is 1. The van der Waals surface area contributed by atoms with Gasteiger partial charge in [-0.1, -0.05) is 17.3 Å². The van der Waals surface area contributed by atoms with Crippen LogP contribution >= 0.6 is 0 Å². The van der Waals surface area contributed by atoms with Crippen LogP contribution in [0.4, 0.5) is 4.39 Å². The molecule has 0 bridgehead atoms. The van der Waals surface area contributed by atoms with Gasteiger partial charge in [0.05, 0.1) is 18.2 Å². The standard InChI is InChI=1S/C17H16FN3O2/c1-20-8-2-3-14(20)17(22)21-9-13-15(10-21)23-19-16(13)11-4-6-12(18)7-5-11/h2-8,13,15H,9-10H2,1H3. The van der Waals surface area contributed by atoms with E-state index in [0.717, 1.165) is 11.3 Å². The Bertz CT molecular complexity index is 781. The Balaban J connectivity index is 1.54. The molecule has 3 heterocycles. The molecule has 1 aromatic heterocycles. The Kier molecular flexibility index (Phi) is 3.18. The van der Waals surface area contributed by atoms with Gasteiger partial charge < -0.3 is 14.3 Å². The van der Waals surface area contributed by atoms with Crippen LogP contribution < -0.4 is 0 Å². The minimum absolute atomic E-state index is 0.00560. The molecule has 0 spiro atoms. The highest BCUT2D eigenvalue weighted by atomic mass is 19.1. The van der Waals surface area contributed by atoms with Gasteiger partial charge >= 0.3 is 0 Å². The summed E-state index contributed by atoms with van der Waals surface area (Å²) in [5, 5.41) is 4.15. The third kappa shape index (κ3) is 2.30. The van der Waals surface area contributed by atoms with E-state index in [2.05, 4.69) is 5.16 Å². The third-order valence-electron chi connectivity index (χ3n) is 4.49. The molecule has 0 radical (unpaired) electrons. The molecule has 23 heavy (non-hydrogen) atoms. The van der Waals surface area contributed by atoms with Crippen LogP contribution in [0.3, 0.4) is 0 Å². The van der Waals surface area contributed by atoms with Crippen LogP contribution in [0.5, 0.6) is 0 Å². The largest absolute Gasteiger partial charge is 0.390 e. The van der Waals surface area contributed by atoms with Crippen molar-refractivity contribution in [2.75, 3.05) is 13.1 Å². The average molecular weight is 313 g/mol. The summed E-state index contributed by atoms with van der Waals surface area (Å²) in [5.74, 6) is -0.254. The molecule has 1 amide bonds. The Morgan fingerprint density at radius 1 is 1.26 bits per heavy atom. The first-order valence-corrected chi connectivity index (χ1v) is 7.54. The van der Waals surface area contributed by atoms with Crippen molar-refractivity contribution < 1.29 is 14.0 Å². The van der Waals surface area contributed by atoms with Gasteiger partial charge in [0.1, 0.15) is 11.5 Å². The number of hydrogen-bond donors (Lipinski definition) is 0. The highest BCUT2D eigenvalue weighted by Gasteiger charge is 2.44. The van der Waals surface area contributed by atoms with Gasteiger partial charge in [0, 0.05) is 25.4 Å². The summed E-state index contributed by atoms with van der Waals surface area (Å²) >= 11 is 0. The minimum Gasteiger partial charge on any atom is -0.390 e. The smallest absolute Gasteiger partial charge is 0.270 e. The predicted molar refractivity (Wildman–Crippen MR) is 82.6 cm³/mol. The number of nitrogens with zero attached hydrogens (tertiary/aromatic N) is 3. The second-order valence-corrected chi connectivity index (χ2v) is 5.95. The molecule has 1 fully saturated rings. The average Bonchev–Trinajstić information content (AvgIpc) is 3.22. The highest BCUT2D eigenvalue weighted by Crippen LogP contribution is 2.31. The van der Waals surface area contributed by atoms with Gasteiger partial charge in [0.15, 0.2) is 6.10 Å². The second kappa shape index (κ2) is 5.22. The van der Waals surface area contributed by atoms with Crippen LogP contribution in [0.15, 0.2) is 47.8 Å². The van der Waals surface area contributed by atoms with Crippen LogP contribution in [0.25, 0.3) is 0 Å². The van der Waals surface area contributed by atoms with Crippen LogP contribution in [-0.4, -0.2) is 40.3 Å². The maximum absolute atomic E-state index is 13.1. The molecule has 2 aliphatic heterocycles. The fraction of sp³-hybridized carbons (Fsp3) is 0.294. The van der Waals surface area contributed by atoms with Crippen LogP contribution in [-0.2, 0) is 11.9 Å². The number of hydrogen-bond acceptors (Lipinski definition) is 3. The Labute approximate surface area is 133 Å². The number of rotatable bonds is 2. The lowest BCUT2D eigenvalue weighted by atomic mass is 9.95. The number of carbonyl (C=O) groups excluding carboxylic acids is 1. The summed E-state index contributed by atoms with van der Waals surface area (Å²) in [5.41, 5.74) is 2.29. The molecule has 4 rings (SSSR count). The van der Waals surface area contributed by atoms with Gasteiger partial charge in [0.2, 0.25) is 0 Å². The third-order valence-corrected chi connectivity index (χ3v) is 4.49. The molecule has 2 unspecified atom stereocenters. The number of aromatic nitrogens is 1. The first kappa shape index (κ1) is 14.0. The van der Waals surface area contributed by atoms with Gasteiger partial charge in [-0.15, -0.1) is 0 Å². The Morgan fingerprint density at radius 2 is 2.04 bits per heavy atom. The fourth-order valence-corrected chi connectivity index (χ4v) is 3.23. The zero-order valence-electron chi connectivity index (χ0n) is 12.6. The van der Waals surface area contributed by atoms with Crippen molar-refractivity contribution in [2.24, 2.45) is 18.1 Å². The molecular formula is C17H16FN3O2. The van der Waals surface area contributed by atoms with E-state index in [1.165, 1.54) is 12.1 Å². The van der Waals surface area contributed by atoms with E-state index >= 15 is 0 Å². The summed E-state index contributed by atoms with van der Waals surface area (Å²) in [4.78, 5) is 19.9. The summed E-state index contributed by atoms with van der Waals surface area (Å²) in [6.07, 6.45) is 1.73. The summed E-state index contributed by atoms with van der Waals surface area (Å²) in [7, 11) is 1.85. The van der Waals surface area contributed by atoms with Crippen LogP contribution in [0, 0.1) is 11.7 Å². The van der Waals surface area contributed by atoms with E-state index in [1.54, 1.807) is 17.0 Å². The van der Waals surface area contributed by atoms with Gasteiger partial charge in [-0.05, 0) is 24.3 Å². The molecule has 1 saturated heterocycles. The normalized spacial score (nSPS) is 22.7. The lowest BCUT2D eigenvalue weighted by molar-refractivity contribution is 0.0626. The molecule has 6 heteroatoms. The maximum Gasteiger partial charge on any atom is 0.270 e. The van der Waals surface area contributed by atoms with Crippen molar-refractivity contribution >= 4 is 11.6 Å². The van der Waals surface area contributed by atoms with E-state index < -0.39 is 0 Å². The van der Waals surface area contributed by atoms with Crippen molar-refractivity contribution in [3.05, 3.63) is 59.7 Å². The Morgan fingerprint density at radius 3 is 2.74 bits per heavy atom. The van der Waals surface area contributed by atoms with E-state index in [4.69, 9.17) is 4.84 Å². The highest BCUT2D eigenvalue weighted by molar-refractivity contribution is 6.04. The van der Waals surface area contributed by atoms with E-state index in [0.29, 0.717) is 18.8 Å². The number of benzene rings is 1. The van der Waals surface area contributed by atoms with Crippen molar-refractivity contribution in [1.82, 2.24) is 9.47 Å². The topological polar surface area (TPSA) is 46.8 Å². The number of likely N-dealkylation sites (tertiary alicyclic amines) is 1. The molecule has 2 aliphatic rings. The number of halogens is 1. The fourth-order valence-electron chi connectivity index (χ4n) is 3.23. The Hall–Kier alpha value is -2.63. The SMILES string of the molecule is Cn1cccc1C(=O)N1CC2ON=C(c3ccc(F)cc3)C2C1. The first-order chi connectivity index (χ1) is 11.1. The maximum atomic E-state index is 13.1. The van der Waals surface area contributed by atoms with Crippen LogP contribution in [0.2, 0.25) is 0 Å². The first-order valence-electron chi connectivity index (χ1n) is 7.54. The van der Waals surface area contributed by atoms with Gasteiger partial charge in [-0.25, -0.2) is 4.39 Å². The molecule has 0 N–H and O–H groups in total. The lowest BCUT2D eigenvalue weighted by Crippen LogP contribution is -2.31. The van der Waals surface area contributed by atoms with E-state index in [9.17, 15) is 9.18 Å².